The SMILES string of the molecule is Fc1ccc(N2CCN(C3=Nc4ccccc4[C]N3c3ccc(F)c(C(F)(F)F)c3)CC2)cc1. The molecular formula is C25H19F5N4. The Balaban J connectivity index is 1.45. The van der Waals surface area contributed by atoms with Gasteiger partial charge in [-0.15, -0.1) is 0 Å². The largest absolute Gasteiger partial charge is 0.419 e. The molecule has 3 aromatic carbocycles. The van der Waals surface area contributed by atoms with Gasteiger partial charge in [0.05, 0.1) is 11.3 Å². The molecule has 4 nitrogen and oxygen atoms in total. The van der Waals surface area contributed by atoms with Gasteiger partial charge in [0.25, 0.3) is 0 Å². The number of alkyl halides is 3. The van der Waals surface area contributed by atoms with Gasteiger partial charge in [-0.1, -0.05) is 18.2 Å². The Morgan fingerprint density at radius 2 is 1.41 bits per heavy atom. The molecule has 2 radical (unpaired) electrons. The zero-order valence-electron chi connectivity index (χ0n) is 17.9. The number of halogens is 5. The van der Waals surface area contributed by atoms with Crippen molar-refractivity contribution < 1.29 is 22.0 Å². The quantitative estimate of drug-likeness (QED) is 0.449. The van der Waals surface area contributed by atoms with Crippen LogP contribution in [0.4, 0.5) is 39.0 Å². The summed E-state index contributed by atoms with van der Waals surface area (Å²) in [5, 5.41) is 0. The summed E-state index contributed by atoms with van der Waals surface area (Å²) in [5.74, 6) is -1.23. The van der Waals surface area contributed by atoms with E-state index in [0.717, 1.165) is 17.8 Å². The van der Waals surface area contributed by atoms with Gasteiger partial charge in [0.1, 0.15) is 18.2 Å². The fourth-order valence-corrected chi connectivity index (χ4v) is 4.07. The summed E-state index contributed by atoms with van der Waals surface area (Å²) in [7, 11) is 0. The molecule has 2 heterocycles. The number of piperazine rings is 1. The summed E-state index contributed by atoms with van der Waals surface area (Å²) in [6.45, 7) is 5.40. The van der Waals surface area contributed by atoms with Crippen LogP contribution in [-0.4, -0.2) is 37.0 Å². The number of fused-ring (bicyclic) bond motifs is 1. The highest BCUT2D eigenvalue weighted by Gasteiger charge is 2.36. The summed E-state index contributed by atoms with van der Waals surface area (Å²) >= 11 is 0. The Hall–Kier alpha value is -3.62. The second-order valence-corrected chi connectivity index (χ2v) is 7.99. The fraction of sp³-hybridized carbons (Fsp3) is 0.200. The van der Waals surface area contributed by atoms with Crippen molar-refractivity contribution in [3.05, 3.63) is 96.0 Å². The van der Waals surface area contributed by atoms with Crippen molar-refractivity contribution in [2.24, 2.45) is 4.99 Å². The monoisotopic (exact) mass is 470 g/mol. The number of guanidine groups is 1. The Bertz CT molecular complexity index is 1210. The molecule has 0 amide bonds. The highest BCUT2D eigenvalue weighted by molar-refractivity contribution is 6.01. The average molecular weight is 470 g/mol. The summed E-state index contributed by atoms with van der Waals surface area (Å²) in [6, 6.07) is 16.3. The zero-order valence-corrected chi connectivity index (χ0v) is 17.9. The standard InChI is InChI=1S/C25H19F5N4/c26-18-5-7-19(8-6-18)32-11-13-33(14-12-32)24-31-23-4-2-1-3-17(23)16-34(24)20-9-10-22(27)21(15-20)25(28,29)30/h1-10,15H,11-14H2. The van der Waals surface area contributed by atoms with Gasteiger partial charge in [0.2, 0.25) is 5.96 Å². The molecule has 0 N–H and O–H groups in total. The van der Waals surface area contributed by atoms with Crippen molar-refractivity contribution in [2.45, 2.75) is 6.18 Å². The van der Waals surface area contributed by atoms with E-state index < -0.39 is 17.6 Å². The van der Waals surface area contributed by atoms with Crippen molar-refractivity contribution in [3.63, 3.8) is 0 Å². The van der Waals surface area contributed by atoms with Gasteiger partial charge in [-0.25, -0.2) is 13.8 Å². The van der Waals surface area contributed by atoms with E-state index in [0.29, 0.717) is 43.4 Å². The minimum absolute atomic E-state index is 0.114. The molecule has 1 saturated heterocycles. The van der Waals surface area contributed by atoms with Gasteiger partial charge in [0, 0.05) is 43.1 Å². The van der Waals surface area contributed by atoms with Crippen molar-refractivity contribution in [1.82, 2.24) is 4.90 Å². The van der Waals surface area contributed by atoms with Crippen LogP contribution in [0.5, 0.6) is 0 Å². The lowest BCUT2D eigenvalue weighted by atomic mass is 10.1. The van der Waals surface area contributed by atoms with E-state index in [2.05, 4.69) is 11.4 Å². The smallest absolute Gasteiger partial charge is 0.368 e. The first-order chi connectivity index (χ1) is 16.3. The van der Waals surface area contributed by atoms with Crippen LogP contribution in [0.25, 0.3) is 0 Å². The molecule has 2 aliphatic rings. The predicted molar refractivity (Wildman–Crippen MR) is 120 cm³/mol. The molecule has 3 aromatic rings. The second-order valence-electron chi connectivity index (χ2n) is 7.99. The lowest BCUT2D eigenvalue weighted by Gasteiger charge is -2.41. The van der Waals surface area contributed by atoms with E-state index in [1.165, 1.54) is 23.1 Å². The Morgan fingerprint density at radius 1 is 0.765 bits per heavy atom. The van der Waals surface area contributed by atoms with Crippen molar-refractivity contribution in [3.8, 4) is 0 Å². The number of nitrogens with zero attached hydrogens (tertiary/aromatic N) is 4. The molecule has 9 heteroatoms. The molecule has 0 atom stereocenters. The van der Waals surface area contributed by atoms with Gasteiger partial charge in [-0.05, 0) is 48.5 Å². The molecule has 1 fully saturated rings. The van der Waals surface area contributed by atoms with E-state index in [4.69, 9.17) is 4.99 Å². The first-order valence-corrected chi connectivity index (χ1v) is 10.7. The molecular weight excluding hydrogens is 451 g/mol. The van der Waals surface area contributed by atoms with Crippen LogP contribution in [0.15, 0.2) is 71.7 Å². The highest BCUT2D eigenvalue weighted by Crippen LogP contribution is 2.37. The van der Waals surface area contributed by atoms with Crippen LogP contribution in [0.1, 0.15) is 11.1 Å². The number of hydrogen-bond donors (Lipinski definition) is 0. The summed E-state index contributed by atoms with van der Waals surface area (Å²) < 4.78 is 67.3. The van der Waals surface area contributed by atoms with Crippen molar-refractivity contribution >= 4 is 23.0 Å². The van der Waals surface area contributed by atoms with Crippen LogP contribution in [0.2, 0.25) is 0 Å². The van der Waals surface area contributed by atoms with E-state index in [1.807, 2.05) is 11.0 Å². The minimum Gasteiger partial charge on any atom is -0.368 e. The molecule has 0 unspecified atom stereocenters. The molecule has 0 bridgehead atoms. The lowest BCUT2D eigenvalue weighted by molar-refractivity contribution is -0.139. The summed E-state index contributed by atoms with van der Waals surface area (Å²) in [5.41, 5.74) is 0.927. The van der Waals surface area contributed by atoms with Crippen LogP contribution >= 0.6 is 0 Å². The van der Waals surface area contributed by atoms with E-state index >= 15 is 0 Å². The number of para-hydroxylation sites is 1. The first-order valence-electron chi connectivity index (χ1n) is 10.7. The predicted octanol–water partition coefficient (Wildman–Crippen LogP) is 5.70. The second kappa shape index (κ2) is 8.62. The molecule has 5 rings (SSSR count). The van der Waals surface area contributed by atoms with Crippen LogP contribution < -0.4 is 9.80 Å². The van der Waals surface area contributed by atoms with Gasteiger partial charge < -0.3 is 9.80 Å². The maximum absolute atomic E-state index is 13.9. The Morgan fingerprint density at radius 3 is 2.12 bits per heavy atom. The number of hydrogen-bond acceptors (Lipinski definition) is 4. The Kier molecular flexibility index (Phi) is 5.63. The number of benzene rings is 3. The van der Waals surface area contributed by atoms with Gasteiger partial charge in [-0.2, -0.15) is 13.2 Å². The fourth-order valence-electron chi connectivity index (χ4n) is 4.07. The molecule has 0 spiro atoms. The summed E-state index contributed by atoms with van der Waals surface area (Å²) in [6.07, 6.45) is -4.83. The van der Waals surface area contributed by atoms with Crippen molar-refractivity contribution in [2.75, 3.05) is 36.0 Å². The average Bonchev–Trinajstić information content (AvgIpc) is 2.83. The first kappa shape index (κ1) is 22.2. The van der Waals surface area contributed by atoms with Gasteiger partial charge >= 0.3 is 6.18 Å². The number of rotatable bonds is 2. The highest BCUT2D eigenvalue weighted by atomic mass is 19.4. The number of aliphatic imine (C=N–C) groups is 1. The minimum atomic E-state index is -4.83. The summed E-state index contributed by atoms with van der Waals surface area (Å²) in [4.78, 5) is 10.2. The molecule has 0 saturated carbocycles. The third kappa shape index (κ3) is 4.30. The Labute approximate surface area is 193 Å². The normalized spacial score (nSPS) is 16.4. The third-order valence-electron chi connectivity index (χ3n) is 5.82. The third-order valence-corrected chi connectivity index (χ3v) is 5.82. The van der Waals surface area contributed by atoms with Crippen LogP contribution in [-0.2, 0) is 6.18 Å². The number of anilines is 2. The van der Waals surface area contributed by atoms with E-state index in [9.17, 15) is 22.0 Å². The zero-order chi connectivity index (χ0) is 23.9. The molecule has 174 valence electrons. The molecule has 34 heavy (non-hydrogen) atoms. The molecule has 2 aliphatic heterocycles. The van der Waals surface area contributed by atoms with Crippen molar-refractivity contribution in [1.29, 1.82) is 0 Å². The molecule has 0 aliphatic carbocycles. The van der Waals surface area contributed by atoms with Crippen LogP contribution in [0.3, 0.4) is 0 Å². The lowest BCUT2D eigenvalue weighted by Crippen LogP contribution is -2.54. The molecule has 0 aromatic heterocycles. The van der Waals surface area contributed by atoms with Gasteiger partial charge in [0.15, 0.2) is 0 Å². The van der Waals surface area contributed by atoms with Crippen LogP contribution in [0, 0.1) is 18.2 Å². The van der Waals surface area contributed by atoms with Gasteiger partial charge in [-0.3, -0.25) is 4.90 Å². The topological polar surface area (TPSA) is 22.1 Å². The maximum Gasteiger partial charge on any atom is 0.419 e. The van der Waals surface area contributed by atoms with E-state index in [1.54, 1.807) is 30.3 Å². The van der Waals surface area contributed by atoms with E-state index in [-0.39, 0.29) is 11.5 Å². The maximum atomic E-state index is 13.9.